The van der Waals surface area contributed by atoms with Gasteiger partial charge in [0.05, 0.1) is 7.11 Å². The largest absolute Gasteiger partial charge is 0.524 e. The predicted octanol–water partition coefficient (Wildman–Crippen LogP) is 2.55. The molecule has 8 nitrogen and oxygen atoms in total. The SMILES string of the molecule is COc1ccc2c(c1OP(=O)(O)O)CN1CCc3cc4c(cc3C1C2)OCO4. The van der Waals surface area contributed by atoms with Gasteiger partial charge in [0.15, 0.2) is 23.0 Å². The molecule has 148 valence electrons. The molecular weight excluding hydrogens is 385 g/mol. The van der Waals surface area contributed by atoms with Gasteiger partial charge in [-0.3, -0.25) is 14.7 Å². The van der Waals surface area contributed by atoms with E-state index in [1.807, 2.05) is 6.07 Å². The minimum Gasteiger partial charge on any atom is -0.493 e. The highest BCUT2D eigenvalue weighted by molar-refractivity contribution is 7.46. The van der Waals surface area contributed by atoms with Crippen molar-refractivity contribution in [3.05, 3.63) is 46.5 Å². The van der Waals surface area contributed by atoms with Gasteiger partial charge in [-0.15, -0.1) is 0 Å². The lowest BCUT2D eigenvalue weighted by atomic mass is 9.83. The first-order chi connectivity index (χ1) is 13.4. The molecule has 0 saturated carbocycles. The Hall–Kier alpha value is -2.25. The zero-order valence-electron chi connectivity index (χ0n) is 15.3. The van der Waals surface area contributed by atoms with Crippen LogP contribution >= 0.6 is 7.82 Å². The summed E-state index contributed by atoms with van der Waals surface area (Å²) in [6, 6.07) is 7.95. The third-order valence-corrected chi connectivity index (χ3v) is 6.05. The van der Waals surface area contributed by atoms with Crippen LogP contribution in [0.25, 0.3) is 0 Å². The molecule has 3 aliphatic heterocycles. The first-order valence-electron chi connectivity index (χ1n) is 9.03. The van der Waals surface area contributed by atoms with Crippen LogP contribution in [0.1, 0.15) is 28.3 Å². The number of fused-ring (bicyclic) bond motifs is 5. The van der Waals surface area contributed by atoms with Crippen LogP contribution in [0.15, 0.2) is 24.3 Å². The van der Waals surface area contributed by atoms with Crippen LogP contribution in [0.2, 0.25) is 0 Å². The zero-order chi connectivity index (χ0) is 19.5. The lowest BCUT2D eigenvalue weighted by Crippen LogP contribution is -2.39. The minimum atomic E-state index is -4.70. The molecule has 0 spiro atoms. The van der Waals surface area contributed by atoms with Crippen molar-refractivity contribution < 1.29 is 33.1 Å². The molecule has 1 unspecified atom stereocenters. The molecule has 0 aliphatic carbocycles. The molecule has 2 N–H and O–H groups in total. The topological polar surface area (TPSA) is 97.7 Å². The van der Waals surface area contributed by atoms with Gasteiger partial charge in [-0.05, 0) is 47.7 Å². The van der Waals surface area contributed by atoms with Gasteiger partial charge in [-0.1, -0.05) is 6.07 Å². The van der Waals surface area contributed by atoms with Crippen LogP contribution in [0.5, 0.6) is 23.0 Å². The molecule has 0 aromatic heterocycles. The van der Waals surface area contributed by atoms with E-state index >= 15 is 0 Å². The quantitative estimate of drug-likeness (QED) is 0.752. The van der Waals surface area contributed by atoms with E-state index in [4.69, 9.17) is 18.7 Å². The Kier molecular flexibility index (Phi) is 4.07. The Morgan fingerprint density at radius 1 is 1.18 bits per heavy atom. The normalized spacial score (nSPS) is 20.2. The fraction of sp³-hybridized carbons (Fsp3) is 0.368. The van der Waals surface area contributed by atoms with Gasteiger partial charge >= 0.3 is 7.82 Å². The molecule has 1 atom stereocenters. The van der Waals surface area contributed by atoms with Gasteiger partial charge < -0.3 is 18.7 Å². The molecule has 2 aromatic carbocycles. The molecule has 5 rings (SSSR count). The van der Waals surface area contributed by atoms with Gasteiger partial charge in [-0.2, -0.15) is 0 Å². The van der Waals surface area contributed by atoms with E-state index in [0.717, 1.165) is 35.6 Å². The van der Waals surface area contributed by atoms with Crippen molar-refractivity contribution in [2.75, 3.05) is 20.4 Å². The van der Waals surface area contributed by atoms with Crippen molar-refractivity contribution in [1.82, 2.24) is 4.90 Å². The van der Waals surface area contributed by atoms with Crippen LogP contribution in [-0.2, 0) is 24.0 Å². The molecule has 3 heterocycles. The molecule has 2 aromatic rings. The number of phosphoric ester groups is 1. The molecule has 0 fully saturated rings. The summed E-state index contributed by atoms with van der Waals surface area (Å²) < 4.78 is 32.8. The second-order valence-corrected chi connectivity index (χ2v) is 8.32. The zero-order valence-corrected chi connectivity index (χ0v) is 16.1. The summed E-state index contributed by atoms with van der Waals surface area (Å²) in [5.41, 5.74) is 4.24. The molecule has 28 heavy (non-hydrogen) atoms. The van der Waals surface area contributed by atoms with Crippen molar-refractivity contribution in [2.24, 2.45) is 0 Å². The maximum Gasteiger partial charge on any atom is 0.524 e. The smallest absolute Gasteiger partial charge is 0.493 e. The first-order valence-corrected chi connectivity index (χ1v) is 10.6. The molecule has 0 bridgehead atoms. The summed E-state index contributed by atoms with van der Waals surface area (Å²) in [4.78, 5) is 21.0. The highest BCUT2D eigenvalue weighted by Crippen LogP contribution is 2.49. The van der Waals surface area contributed by atoms with Crippen LogP contribution in [0, 0.1) is 0 Å². The Balaban J connectivity index is 1.56. The molecule has 0 amide bonds. The Morgan fingerprint density at radius 3 is 2.71 bits per heavy atom. The van der Waals surface area contributed by atoms with Crippen LogP contribution in [0.3, 0.4) is 0 Å². The summed E-state index contributed by atoms with van der Waals surface area (Å²) in [7, 11) is -3.24. The van der Waals surface area contributed by atoms with E-state index in [2.05, 4.69) is 17.0 Å². The summed E-state index contributed by atoms with van der Waals surface area (Å²) in [6.07, 6.45) is 1.58. The van der Waals surface area contributed by atoms with Crippen molar-refractivity contribution in [1.29, 1.82) is 0 Å². The average molecular weight is 405 g/mol. The lowest BCUT2D eigenvalue weighted by molar-refractivity contribution is 0.158. The van der Waals surface area contributed by atoms with E-state index in [1.54, 1.807) is 6.07 Å². The Bertz CT molecular complexity index is 1000. The first kappa shape index (κ1) is 17.8. The van der Waals surface area contributed by atoms with Gasteiger partial charge in [0.1, 0.15) is 0 Å². The maximum atomic E-state index is 11.5. The number of hydrogen-bond acceptors (Lipinski definition) is 6. The van der Waals surface area contributed by atoms with E-state index < -0.39 is 7.82 Å². The standard InChI is InChI=1S/C19H20NO7P/c1-24-16-3-2-11-6-15-13-8-18-17(25-10-26-18)7-12(13)4-5-20(15)9-14(11)19(16)27-28(21,22)23/h2-3,7-8,15H,4-6,9-10H2,1H3,(H2,21,22,23). The maximum absolute atomic E-state index is 11.5. The van der Waals surface area contributed by atoms with Crippen LogP contribution < -0.4 is 18.7 Å². The number of phosphoric acid groups is 1. The number of rotatable bonds is 3. The number of hydrogen-bond donors (Lipinski definition) is 2. The molecule has 0 radical (unpaired) electrons. The highest BCUT2D eigenvalue weighted by Gasteiger charge is 2.36. The number of ether oxygens (including phenoxy) is 3. The highest BCUT2D eigenvalue weighted by atomic mass is 31.2. The van der Waals surface area contributed by atoms with Gasteiger partial charge in [0.25, 0.3) is 0 Å². The lowest BCUT2D eigenvalue weighted by Gasteiger charge is -2.42. The second-order valence-electron chi connectivity index (χ2n) is 7.16. The van der Waals surface area contributed by atoms with Crippen LogP contribution in [0.4, 0.5) is 0 Å². The van der Waals surface area contributed by atoms with Gasteiger partial charge in [0, 0.05) is 24.7 Å². The summed E-state index contributed by atoms with van der Waals surface area (Å²) in [6.45, 7) is 1.61. The van der Waals surface area contributed by atoms with Crippen molar-refractivity contribution in [3.63, 3.8) is 0 Å². The van der Waals surface area contributed by atoms with Gasteiger partial charge in [-0.25, -0.2) is 4.57 Å². The van der Waals surface area contributed by atoms with Crippen LogP contribution in [-0.4, -0.2) is 35.1 Å². The van der Waals surface area contributed by atoms with Crippen molar-refractivity contribution >= 4 is 7.82 Å². The Labute approximate surface area is 161 Å². The predicted molar refractivity (Wildman–Crippen MR) is 98.8 cm³/mol. The van der Waals surface area contributed by atoms with Crippen molar-refractivity contribution in [2.45, 2.75) is 25.4 Å². The fourth-order valence-corrected chi connectivity index (χ4v) is 4.81. The summed E-state index contributed by atoms with van der Waals surface area (Å²) in [5, 5.41) is 0. The Morgan fingerprint density at radius 2 is 1.96 bits per heavy atom. The third-order valence-electron chi connectivity index (χ3n) is 5.63. The number of nitrogens with zero attached hydrogens (tertiary/aromatic N) is 1. The summed E-state index contributed by atoms with van der Waals surface area (Å²) >= 11 is 0. The number of methoxy groups -OCH3 is 1. The van der Waals surface area contributed by atoms with Gasteiger partial charge in [0.2, 0.25) is 6.79 Å². The van der Waals surface area contributed by atoms with E-state index in [1.165, 1.54) is 18.2 Å². The molecule has 9 heteroatoms. The minimum absolute atomic E-state index is 0.128. The third kappa shape index (κ3) is 2.93. The van der Waals surface area contributed by atoms with E-state index in [0.29, 0.717) is 18.7 Å². The molecular formula is C19H20NO7P. The molecule has 3 aliphatic rings. The number of benzene rings is 2. The average Bonchev–Trinajstić information content (AvgIpc) is 3.11. The second kappa shape index (κ2) is 6.39. The van der Waals surface area contributed by atoms with E-state index in [9.17, 15) is 14.4 Å². The van der Waals surface area contributed by atoms with E-state index in [-0.39, 0.29) is 18.6 Å². The summed E-state index contributed by atoms with van der Waals surface area (Å²) in [5.74, 6) is 2.02. The fourth-order valence-electron chi connectivity index (χ4n) is 4.37. The molecule has 0 saturated heterocycles. The monoisotopic (exact) mass is 405 g/mol. The van der Waals surface area contributed by atoms with Crippen molar-refractivity contribution in [3.8, 4) is 23.0 Å².